The minimum atomic E-state index is -0.598. The maximum absolute atomic E-state index is 13.9. The minimum absolute atomic E-state index is 0.214. The average molecular weight is 278 g/mol. The van der Waals surface area contributed by atoms with Crippen LogP contribution < -0.4 is 11.1 Å². The molecule has 0 radical (unpaired) electrons. The van der Waals surface area contributed by atoms with Gasteiger partial charge < -0.3 is 11.1 Å². The number of hydrogen-bond donors (Lipinski definition) is 2. The van der Waals surface area contributed by atoms with Crippen molar-refractivity contribution in [3.05, 3.63) is 35.1 Å². The van der Waals surface area contributed by atoms with E-state index in [9.17, 15) is 9.18 Å². The van der Waals surface area contributed by atoms with E-state index in [1.165, 1.54) is 38.2 Å². The lowest BCUT2D eigenvalue weighted by molar-refractivity contribution is 0.1000. The van der Waals surface area contributed by atoms with E-state index in [1.807, 2.05) is 0 Å². The van der Waals surface area contributed by atoms with Gasteiger partial charge in [0.25, 0.3) is 0 Å². The SMILES string of the molecule is CC(NCc1ccc(C(N)=O)cc1F)C1CCCCC1. The van der Waals surface area contributed by atoms with E-state index in [2.05, 4.69) is 12.2 Å². The molecule has 1 unspecified atom stereocenters. The number of carbonyl (C=O) groups excluding carboxylic acids is 1. The second kappa shape index (κ2) is 6.84. The maximum Gasteiger partial charge on any atom is 0.248 e. The lowest BCUT2D eigenvalue weighted by Crippen LogP contribution is -2.34. The highest BCUT2D eigenvalue weighted by Crippen LogP contribution is 2.26. The van der Waals surface area contributed by atoms with Crippen molar-refractivity contribution in [2.45, 2.75) is 51.6 Å². The Morgan fingerprint density at radius 2 is 2.10 bits per heavy atom. The van der Waals surface area contributed by atoms with E-state index in [0.29, 0.717) is 24.1 Å². The fraction of sp³-hybridized carbons (Fsp3) is 0.562. The molecule has 1 aliphatic rings. The van der Waals surface area contributed by atoms with Gasteiger partial charge in [0.05, 0.1) is 0 Å². The molecular formula is C16H23FN2O. The molecule has 0 bridgehead atoms. The van der Waals surface area contributed by atoms with Crippen LogP contribution in [0.3, 0.4) is 0 Å². The van der Waals surface area contributed by atoms with E-state index in [4.69, 9.17) is 5.73 Å². The van der Waals surface area contributed by atoms with Gasteiger partial charge in [-0.15, -0.1) is 0 Å². The second-order valence-corrected chi connectivity index (χ2v) is 5.74. The molecule has 1 aliphatic carbocycles. The Kier molecular flexibility index (Phi) is 5.12. The summed E-state index contributed by atoms with van der Waals surface area (Å²) >= 11 is 0. The molecular weight excluding hydrogens is 255 g/mol. The van der Waals surface area contributed by atoms with Crippen molar-refractivity contribution in [2.75, 3.05) is 0 Å². The summed E-state index contributed by atoms with van der Waals surface area (Å²) in [5.41, 5.74) is 5.93. The maximum atomic E-state index is 13.9. The van der Waals surface area contributed by atoms with E-state index in [-0.39, 0.29) is 11.4 Å². The first kappa shape index (κ1) is 15.0. The van der Waals surface area contributed by atoms with Crippen molar-refractivity contribution in [2.24, 2.45) is 11.7 Å². The smallest absolute Gasteiger partial charge is 0.248 e. The molecule has 0 spiro atoms. The second-order valence-electron chi connectivity index (χ2n) is 5.74. The van der Waals surface area contributed by atoms with E-state index >= 15 is 0 Å². The van der Waals surface area contributed by atoms with Crippen molar-refractivity contribution in [1.82, 2.24) is 5.32 Å². The lowest BCUT2D eigenvalue weighted by atomic mass is 9.84. The molecule has 1 saturated carbocycles. The highest BCUT2D eigenvalue weighted by molar-refractivity contribution is 5.92. The van der Waals surface area contributed by atoms with Crippen molar-refractivity contribution in [1.29, 1.82) is 0 Å². The average Bonchev–Trinajstić information content (AvgIpc) is 2.46. The highest BCUT2D eigenvalue weighted by atomic mass is 19.1. The standard InChI is InChI=1S/C16H23FN2O/c1-11(12-5-3-2-4-6-12)19-10-14-8-7-13(16(18)20)9-15(14)17/h7-9,11-12,19H,2-6,10H2,1H3,(H2,18,20). The van der Waals surface area contributed by atoms with Crippen LogP contribution in [0.2, 0.25) is 0 Å². The Balaban J connectivity index is 1.91. The number of primary amides is 1. The van der Waals surface area contributed by atoms with Gasteiger partial charge in [-0.05, 0) is 37.8 Å². The van der Waals surface area contributed by atoms with Gasteiger partial charge in [-0.1, -0.05) is 25.3 Å². The molecule has 0 heterocycles. The van der Waals surface area contributed by atoms with Gasteiger partial charge >= 0.3 is 0 Å². The Hall–Kier alpha value is -1.42. The minimum Gasteiger partial charge on any atom is -0.366 e. The molecule has 3 nitrogen and oxygen atoms in total. The molecule has 110 valence electrons. The summed E-state index contributed by atoms with van der Waals surface area (Å²) in [4.78, 5) is 11.0. The summed E-state index contributed by atoms with van der Waals surface area (Å²) in [6.07, 6.45) is 6.47. The Labute approximate surface area is 119 Å². The zero-order valence-corrected chi connectivity index (χ0v) is 12.0. The predicted octanol–water partition coefficient (Wildman–Crippen LogP) is 2.98. The zero-order valence-electron chi connectivity index (χ0n) is 12.0. The van der Waals surface area contributed by atoms with Crippen molar-refractivity contribution >= 4 is 5.91 Å². The van der Waals surface area contributed by atoms with E-state index < -0.39 is 5.91 Å². The molecule has 3 N–H and O–H groups in total. The Morgan fingerprint density at radius 1 is 1.40 bits per heavy atom. The van der Waals surface area contributed by atoms with Crippen LogP contribution in [0.4, 0.5) is 4.39 Å². The Morgan fingerprint density at radius 3 is 2.70 bits per heavy atom. The first-order chi connectivity index (χ1) is 9.58. The van der Waals surface area contributed by atoms with E-state index in [0.717, 1.165) is 0 Å². The summed E-state index contributed by atoms with van der Waals surface area (Å²) < 4.78 is 13.9. The van der Waals surface area contributed by atoms with Crippen LogP contribution in [0.25, 0.3) is 0 Å². The topological polar surface area (TPSA) is 55.1 Å². The van der Waals surface area contributed by atoms with Gasteiger partial charge in [0.15, 0.2) is 0 Å². The number of benzene rings is 1. The number of halogens is 1. The van der Waals surface area contributed by atoms with Crippen molar-refractivity contribution < 1.29 is 9.18 Å². The molecule has 1 aromatic carbocycles. The molecule has 2 rings (SSSR count). The summed E-state index contributed by atoms with van der Waals surface area (Å²) in [6.45, 7) is 2.66. The number of nitrogens with one attached hydrogen (secondary N) is 1. The molecule has 4 heteroatoms. The van der Waals surface area contributed by atoms with Crippen LogP contribution in [0.15, 0.2) is 18.2 Å². The van der Waals surface area contributed by atoms with Crippen molar-refractivity contribution in [3.8, 4) is 0 Å². The molecule has 1 fully saturated rings. The van der Waals surface area contributed by atoms with Crippen LogP contribution in [0.1, 0.15) is 54.9 Å². The predicted molar refractivity (Wildman–Crippen MR) is 77.8 cm³/mol. The lowest BCUT2D eigenvalue weighted by Gasteiger charge is -2.28. The largest absolute Gasteiger partial charge is 0.366 e. The fourth-order valence-corrected chi connectivity index (χ4v) is 2.92. The summed E-state index contributed by atoms with van der Waals surface area (Å²) in [5, 5.41) is 3.40. The van der Waals surface area contributed by atoms with Gasteiger partial charge in [-0.3, -0.25) is 4.79 Å². The summed E-state index contributed by atoms with van der Waals surface area (Å²) in [7, 11) is 0. The Bertz CT molecular complexity index is 470. The first-order valence-electron chi connectivity index (χ1n) is 7.39. The third-order valence-corrected chi connectivity index (χ3v) is 4.31. The van der Waals surface area contributed by atoms with Crippen LogP contribution in [0.5, 0.6) is 0 Å². The fourth-order valence-electron chi connectivity index (χ4n) is 2.92. The van der Waals surface area contributed by atoms with Crippen LogP contribution >= 0.6 is 0 Å². The monoisotopic (exact) mass is 278 g/mol. The molecule has 20 heavy (non-hydrogen) atoms. The summed E-state index contributed by atoms with van der Waals surface area (Å²) in [5.74, 6) is -0.277. The van der Waals surface area contributed by atoms with Gasteiger partial charge in [-0.2, -0.15) is 0 Å². The molecule has 0 aromatic heterocycles. The molecule has 1 aromatic rings. The zero-order chi connectivity index (χ0) is 14.5. The van der Waals surface area contributed by atoms with Gasteiger partial charge in [-0.25, -0.2) is 4.39 Å². The quantitative estimate of drug-likeness (QED) is 0.870. The number of carbonyl (C=O) groups is 1. The molecule has 1 atom stereocenters. The van der Waals surface area contributed by atoms with Gasteiger partial charge in [0.1, 0.15) is 5.82 Å². The van der Waals surface area contributed by atoms with Crippen molar-refractivity contribution in [3.63, 3.8) is 0 Å². The summed E-state index contributed by atoms with van der Waals surface area (Å²) in [6, 6.07) is 4.82. The van der Waals surface area contributed by atoms with Gasteiger partial charge in [0, 0.05) is 23.7 Å². The molecule has 1 amide bonds. The number of nitrogens with two attached hydrogens (primary N) is 1. The third kappa shape index (κ3) is 3.79. The van der Waals surface area contributed by atoms with Crippen LogP contribution in [0, 0.1) is 11.7 Å². The van der Waals surface area contributed by atoms with E-state index in [1.54, 1.807) is 12.1 Å². The van der Waals surface area contributed by atoms with Crippen LogP contribution in [-0.4, -0.2) is 11.9 Å². The normalized spacial score (nSPS) is 17.9. The number of rotatable bonds is 5. The first-order valence-corrected chi connectivity index (χ1v) is 7.39. The molecule has 0 saturated heterocycles. The highest BCUT2D eigenvalue weighted by Gasteiger charge is 2.19. The number of hydrogen-bond acceptors (Lipinski definition) is 2. The molecule has 0 aliphatic heterocycles. The van der Waals surface area contributed by atoms with Crippen LogP contribution in [-0.2, 0) is 6.54 Å². The third-order valence-electron chi connectivity index (χ3n) is 4.31. The number of amides is 1. The van der Waals surface area contributed by atoms with Gasteiger partial charge in [0.2, 0.25) is 5.91 Å².